The third-order valence-electron chi connectivity index (χ3n) is 6.75. The fourth-order valence-corrected chi connectivity index (χ4v) is 5.11. The molecule has 2 heterocycles. The number of ketones is 2. The number of ether oxygens (including phenoxy) is 3. The van der Waals surface area contributed by atoms with Crippen LogP contribution in [-0.4, -0.2) is 47.3 Å². The summed E-state index contributed by atoms with van der Waals surface area (Å²) in [5.41, 5.74) is -0.228. The van der Waals surface area contributed by atoms with E-state index >= 15 is 0 Å². The van der Waals surface area contributed by atoms with Gasteiger partial charge in [-0.25, -0.2) is 0 Å². The Hall–Kier alpha value is -3.78. The number of rotatable bonds is 4. The minimum atomic E-state index is -1.83. The van der Waals surface area contributed by atoms with Crippen molar-refractivity contribution in [3.63, 3.8) is 0 Å². The van der Waals surface area contributed by atoms with Gasteiger partial charge in [-0.15, -0.1) is 0 Å². The molecule has 2 aromatic carbocycles. The van der Waals surface area contributed by atoms with Crippen LogP contribution in [0.1, 0.15) is 23.7 Å². The number of benzene rings is 2. The molecule has 1 aliphatic heterocycles. The molecule has 1 aliphatic carbocycles. The molecule has 1 N–H and O–H groups in total. The summed E-state index contributed by atoms with van der Waals surface area (Å²) in [5, 5.41) is 12.4. The maximum atomic E-state index is 13.8. The maximum Gasteiger partial charge on any atom is 0.231 e. The molecule has 1 aromatic heterocycles. The number of aliphatic hydroxyl groups excluding tert-OH is 1. The second-order valence-corrected chi connectivity index (χ2v) is 9.03. The number of halogens is 1. The smallest absolute Gasteiger partial charge is 0.231 e. The minimum Gasteiger partial charge on any atom is -0.507 e. The molecule has 0 bridgehead atoms. The van der Waals surface area contributed by atoms with E-state index in [0.717, 1.165) is 10.9 Å². The van der Waals surface area contributed by atoms with Crippen molar-refractivity contribution >= 4 is 46.0 Å². The lowest BCUT2D eigenvalue weighted by atomic mass is 9.73. The van der Waals surface area contributed by atoms with E-state index in [-0.39, 0.29) is 45.6 Å². The van der Waals surface area contributed by atoms with Crippen molar-refractivity contribution in [3.8, 4) is 17.2 Å². The van der Waals surface area contributed by atoms with Gasteiger partial charge in [0.2, 0.25) is 11.4 Å². The van der Waals surface area contributed by atoms with E-state index < -0.39 is 23.1 Å². The van der Waals surface area contributed by atoms with E-state index in [2.05, 4.69) is 4.99 Å². The van der Waals surface area contributed by atoms with Crippen LogP contribution in [0.25, 0.3) is 10.9 Å². The van der Waals surface area contributed by atoms with Crippen LogP contribution in [0.5, 0.6) is 17.2 Å². The van der Waals surface area contributed by atoms with Crippen LogP contribution in [0, 0.1) is 5.92 Å². The maximum absolute atomic E-state index is 13.8. The average molecular weight is 495 g/mol. The Balaban J connectivity index is 1.65. The summed E-state index contributed by atoms with van der Waals surface area (Å²) in [6.07, 6.45) is 3.18. The van der Waals surface area contributed by atoms with Crippen LogP contribution in [0.3, 0.4) is 0 Å². The summed E-state index contributed by atoms with van der Waals surface area (Å²) in [5.74, 6) is -1.54. The van der Waals surface area contributed by atoms with Crippen molar-refractivity contribution in [2.75, 3.05) is 14.2 Å². The number of nitrogens with zero attached hydrogens (tertiary/aromatic N) is 2. The highest BCUT2D eigenvalue weighted by molar-refractivity contribution is 6.35. The number of aliphatic hydroxyl groups is 1. The SMILES string of the molecule is COc1cc(OC)c2c(c1Cl)O[C@]1(C2=O)C(O)=C(C=Nc2cccc3c2ccn3C)C(=O)C[C@H]1C. The number of aryl methyl sites for hydroxylation is 1. The van der Waals surface area contributed by atoms with Crippen LogP contribution in [-0.2, 0) is 11.8 Å². The summed E-state index contributed by atoms with van der Waals surface area (Å²) < 4.78 is 18.8. The zero-order valence-corrected chi connectivity index (χ0v) is 20.3. The molecular formula is C26H23ClN2O6. The molecule has 35 heavy (non-hydrogen) atoms. The molecule has 180 valence electrons. The van der Waals surface area contributed by atoms with Crippen molar-refractivity contribution in [2.24, 2.45) is 18.0 Å². The van der Waals surface area contributed by atoms with Gasteiger partial charge >= 0.3 is 0 Å². The number of aliphatic imine (C=N–C) groups is 1. The molecule has 0 fully saturated rings. The first-order chi connectivity index (χ1) is 16.7. The Bertz CT molecular complexity index is 1470. The van der Waals surface area contributed by atoms with E-state index in [1.807, 2.05) is 42.1 Å². The predicted molar refractivity (Wildman–Crippen MR) is 132 cm³/mol. The van der Waals surface area contributed by atoms with Gasteiger partial charge in [-0.3, -0.25) is 14.6 Å². The molecule has 0 saturated heterocycles. The second-order valence-electron chi connectivity index (χ2n) is 8.65. The normalized spacial score (nSPS) is 21.8. The molecule has 0 unspecified atom stereocenters. The van der Waals surface area contributed by atoms with Gasteiger partial charge in [0.25, 0.3) is 0 Å². The zero-order chi connectivity index (χ0) is 25.1. The van der Waals surface area contributed by atoms with Crippen LogP contribution < -0.4 is 14.2 Å². The first kappa shape index (κ1) is 23.0. The Morgan fingerprint density at radius 1 is 1.23 bits per heavy atom. The summed E-state index contributed by atoms with van der Waals surface area (Å²) in [4.78, 5) is 31.2. The van der Waals surface area contributed by atoms with Crippen molar-refractivity contribution in [2.45, 2.75) is 18.9 Å². The van der Waals surface area contributed by atoms with Gasteiger partial charge in [-0.2, -0.15) is 0 Å². The highest BCUT2D eigenvalue weighted by atomic mass is 35.5. The lowest BCUT2D eigenvalue weighted by molar-refractivity contribution is -0.118. The van der Waals surface area contributed by atoms with Crippen molar-refractivity contribution in [1.82, 2.24) is 4.57 Å². The van der Waals surface area contributed by atoms with Gasteiger partial charge in [0.15, 0.2) is 17.3 Å². The second kappa shape index (κ2) is 8.16. The molecule has 5 rings (SSSR count). The Labute approximate surface area is 206 Å². The fourth-order valence-electron chi connectivity index (χ4n) is 4.85. The van der Waals surface area contributed by atoms with Gasteiger partial charge in [0.1, 0.15) is 22.1 Å². The molecule has 0 saturated carbocycles. The predicted octanol–water partition coefficient (Wildman–Crippen LogP) is 4.99. The van der Waals surface area contributed by atoms with E-state index in [9.17, 15) is 14.7 Å². The van der Waals surface area contributed by atoms with E-state index in [4.69, 9.17) is 25.8 Å². The molecule has 2 aliphatic rings. The van der Waals surface area contributed by atoms with Crippen LogP contribution in [0.4, 0.5) is 5.69 Å². The Morgan fingerprint density at radius 2 is 1.97 bits per heavy atom. The molecule has 8 nitrogen and oxygen atoms in total. The van der Waals surface area contributed by atoms with Gasteiger partial charge in [0, 0.05) is 48.8 Å². The van der Waals surface area contributed by atoms with Crippen molar-refractivity contribution in [3.05, 3.63) is 58.4 Å². The molecule has 1 spiro atoms. The summed E-state index contributed by atoms with van der Waals surface area (Å²) in [7, 11) is 4.77. The third-order valence-corrected chi connectivity index (χ3v) is 7.11. The summed E-state index contributed by atoms with van der Waals surface area (Å²) in [6.45, 7) is 1.67. The largest absolute Gasteiger partial charge is 0.507 e. The molecular weight excluding hydrogens is 472 g/mol. The van der Waals surface area contributed by atoms with Gasteiger partial charge in [-0.05, 0) is 18.2 Å². The van der Waals surface area contributed by atoms with E-state index in [1.165, 1.54) is 26.5 Å². The summed E-state index contributed by atoms with van der Waals surface area (Å²) in [6, 6.07) is 9.04. The van der Waals surface area contributed by atoms with Gasteiger partial charge < -0.3 is 23.9 Å². The monoisotopic (exact) mass is 494 g/mol. The average Bonchev–Trinajstić information content (AvgIpc) is 3.38. The number of fused-ring (bicyclic) bond motifs is 2. The number of carbonyl (C=O) groups excluding carboxylic acids is 2. The van der Waals surface area contributed by atoms with Crippen molar-refractivity contribution < 1.29 is 28.9 Å². The van der Waals surface area contributed by atoms with E-state index in [0.29, 0.717) is 5.69 Å². The Kier molecular flexibility index (Phi) is 5.36. The Morgan fingerprint density at radius 3 is 2.69 bits per heavy atom. The fraction of sp³-hybridized carbons (Fsp3) is 0.269. The first-order valence-corrected chi connectivity index (χ1v) is 11.4. The number of allylic oxidation sites excluding steroid dienone is 1. The zero-order valence-electron chi connectivity index (χ0n) is 19.6. The molecule has 0 amide bonds. The number of Topliss-reactive ketones (excluding diaryl/α,β-unsaturated/α-hetero) is 2. The topological polar surface area (TPSA) is 99.3 Å². The van der Waals surface area contributed by atoms with E-state index in [1.54, 1.807) is 6.92 Å². The number of hydrogen-bond acceptors (Lipinski definition) is 7. The third kappa shape index (κ3) is 3.16. The molecule has 3 aromatic rings. The number of aromatic nitrogens is 1. The highest BCUT2D eigenvalue weighted by Gasteiger charge is 2.60. The minimum absolute atomic E-state index is 0.0300. The quantitative estimate of drug-likeness (QED) is 0.513. The standard InChI is InChI=1S/C26H23ClN2O6/c1-13-10-18(30)15(12-28-16-6-5-7-17-14(16)8-9-29(17)2)24(31)26(13)25(32)21-19(33-3)11-20(34-4)22(27)23(21)35-26/h5-9,11-13,31H,10H2,1-4H3/t13-,26+/m1/s1. The van der Waals surface area contributed by atoms with Crippen LogP contribution in [0.2, 0.25) is 5.02 Å². The molecule has 0 radical (unpaired) electrons. The van der Waals surface area contributed by atoms with Crippen LogP contribution in [0.15, 0.2) is 52.9 Å². The van der Waals surface area contributed by atoms with Crippen LogP contribution >= 0.6 is 11.6 Å². The lowest BCUT2D eigenvalue weighted by Crippen LogP contribution is -2.52. The highest BCUT2D eigenvalue weighted by Crippen LogP contribution is 2.54. The number of methoxy groups -OCH3 is 2. The first-order valence-electron chi connectivity index (χ1n) is 11.0. The number of carbonyl (C=O) groups is 2. The number of hydrogen-bond donors (Lipinski definition) is 1. The molecule has 9 heteroatoms. The lowest BCUT2D eigenvalue weighted by Gasteiger charge is -2.36. The van der Waals surface area contributed by atoms with Gasteiger partial charge in [0.05, 0.1) is 25.5 Å². The van der Waals surface area contributed by atoms with Crippen molar-refractivity contribution in [1.29, 1.82) is 0 Å². The molecule has 2 atom stereocenters. The van der Waals surface area contributed by atoms with Gasteiger partial charge in [-0.1, -0.05) is 24.6 Å². The summed E-state index contributed by atoms with van der Waals surface area (Å²) >= 11 is 6.46.